The summed E-state index contributed by atoms with van der Waals surface area (Å²) in [6.07, 6.45) is 3.46. The monoisotopic (exact) mass is 219 g/mol. The third-order valence-corrected chi connectivity index (χ3v) is 3.02. The van der Waals surface area contributed by atoms with Gasteiger partial charge in [-0.05, 0) is 37.3 Å². The smallest absolute Gasteiger partial charge is 0.0549 e. The minimum Gasteiger partial charge on any atom is -0.381 e. The van der Waals surface area contributed by atoms with Crippen molar-refractivity contribution in [2.45, 2.75) is 39.0 Å². The lowest BCUT2D eigenvalue weighted by Crippen LogP contribution is -2.17. The van der Waals surface area contributed by atoms with Crippen LogP contribution in [0.1, 0.15) is 44.0 Å². The lowest BCUT2D eigenvalue weighted by Gasteiger charge is -2.22. The number of nitrogens with zero attached hydrogens (tertiary/aromatic N) is 1. The van der Waals surface area contributed by atoms with Gasteiger partial charge in [-0.3, -0.25) is 4.98 Å². The van der Waals surface area contributed by atoms with Crippen LogP contribution in [0.15, 0.2) is 18.2 Å². The lowest BCUT2D eigenvalue weighted by atomic mass is 9.97. The van der Waals surface area contributed by atoms with Crippen LogP contribution in [-0.2, 0) is 11.2 Å². The molecule has 1 saturated heterocycles. The van der Waals surface area contributed by atoms with Crippen LogP contribution >= 0.6 is 0 Å². The Morgan fingerprint density at radius 3 is 3.00 bits per heavy atom. The van der Waals surface area contributed by atoms with Gasteiger partial charge in [0.15, 0.2) is 0 Å². The Bertz CT molecular complexity index is 329. The summed E-state index contributed by atoms with van der Waals surface area (Å²) in [5.41, 5.74) is 2.44. The number of aromatic nitrogens is 1. The molecule has 0 radical (unpaired) electrons. The molecule has 0 bridgehead atoms. The Hall–Kier alpha value is -0.890. The number of hydrogen-bond donors (Lipinski definition) is 0. The Morgan fingerprint density at radius 1 is 1.44 bits per heavy atom. The van der Waals surface area contributed by atoms with E-state index in [-0.39, 0.29) is 0 Å². The van der Waals surface area contributed by atoms with Crippen molar-refractivity contribution >= 4 is 0 Å². The van der Waals surface area contributed by atoms with Gasteiger partial charge in [-0.25, -0.2) is 0 Å². The first-order chi connectivity index (χ1) is 7.75. The molecule has 0 N–H and O–H groups in total. The molecule has 1 aromatic rings. The van der Waals surface area contributed by atoms with E-state index in [2.05, 4.69) is 32.0 Å². The van der Waals surface area contributed by atoms with Gasteiger partial charge >= 0.3 is 0 Å². The summed E-state index contributed by atoms with van der Waals surface area (Å²) in [6.45, 7) is 6.23. The van der Waals surface area contributed by atoms with E-state index in [4.69, 9.17) is 9.72 Å². The van der Waals surface area contributed by atoms with Crippen LogP contribution in [0, 0.1) is 5.92 Å². The van der Waals surface area contributed by atoms with Crippen LogP contribution in [0.25, 0.3) is 0 Å². The van der Waals surface area contributed by atoms with Gasteiger partial charge < -0.3 is 4.74 Å². The topological polar surface area (TPSA) is 22.1 Å². The fourth-order valence-electron chi connectivity index (χ4n) is 2.23. The van der Waals surface area contributed by atoms with Gasteiger partial charge in [0.25, 0.3) is 0 Å². The largest absolute Gasteiger partial charge is 0.381 e. The maximum Gasteiger partial charge on any atom is 0.0549 e. The summed E-state index contributed by atoms with van der Waals surface area (Å²) in [6, 6.07) is 6.41. The minimum atomic E-state index is 0.515. The zero-order valence-electron chi connectivity index (χ0n) is 10.3. The second-order valence-corrected chi connectivity index (χ2v) is 5.07. The van der Waals surface area contributed by atoms with Gasteiger partial charge in [0, 0.05) is 23.9 Å². The maximum atomic E-state index is 5.52. The van der Waals surface area contributed by atoms with Gasteiger partial charge in [0.2, 0.25) is 0 Å². The Kier molecular flexibility index (Phi) is 3.94. The number of rotatable bonds is 3. The predicted molar refractivity (Wildman–Crippen MR) is 65.6 cm³/mol. The molecule has 1 aromatic heterocycles. The van der Waals surface area contributed by atoms with Crippen molar-refractivity contribution in [2.75, 3.05) is 13.2 Å². The quantitative estimate of drug-likeness (QED) is 0.779. The second-order valence-electron chi connectivity index (χ2n) is 5.07. The molecule has 2 rings (SSSR count). The first kappa shape index (κ1) is 11.6. The zero-order chi connectivity index (χ0) is 11.4. The molecule has 1 aliphatic heterocycles. The van der Waals surface area contributed by atoms with Gasteiger partial charge in [-0.2, -0.15) is 0 Å². The van der Waals surface area contributed by atoms with Crippen molar-refractivity contribution < 1.29 is 4.74 Å². The molecule has 0 amide bonds. The normalized spacial score (nSPS) is 21.3. The summed E-state index contributed by atoms with van der Waals surface area (Å²) in [5.74, 6) is 1.19. The Labute approximate surface area is 98.0 Å². The molecule has 0 aromatic carbocycles. The fraction of sp³-hybridized carbons (Fsp3) is 0.643. The van der Waals surface area contributed by atoms with E-state index in [1.165, 1.54) is 24.2 Å². The highest BCUT2D eigenvalue weighted by atomic mass is 16.5. The number of ether oxygens (including phenoxy) is 1. The molecule has 2 heteroatoms. The lowest BCUT2D eigenvalue weighted by molar-refractivity contribution is 0.0792. The summed E-state index contributed by atoms with van der Waals surface area (Å²) in [4.78, 5) is 4.76. The van der Waals surface area contributed by atoms with Gasteiger partial charge in [0.1, 0.15) is 0 Å². The maximum absolute atomic E-state index is 5.52. The van der Waals surface area contributed by atoms with Gasteiger partial charge in [0.05, 0.1) is 6.61 Å². The molecule has 16 heavy (non-hydrogen) atoms. The van der Waals surface area contributed by atoms with Crippen LogP contribution < -0.4 is 0 Å². The Balaban J connectivity index is 2.08. The molecule has 2 heterocycles. The summed E-state index contributed by atoms with van der Waals surface area (Å²) in [7, 11) is 0. The molecule has 0 saturated carbocycles. The Morgan fingerprint density at radius 2 is 2.31 bits per heavy atom. The highest BCUT2D eigenvalue weighted by molar-refractivity contribution is 5.15. The molecule has 0 spiro atoms. The minimum absolute atomic E-state index is 0.515. The molecule has 0 aliphatic carbocycles. The third-order valence-electron chi connectivity index (χ3n) is 3.02. The van der Waals surface area contributed by atoms with Gasteiger partial charge in [-0.15, -0.1) is 0 Å². The summed E-state index contributed by atoms with van der Waals surface area (Å²) < 4.78 is 5.52. The van der Waals surface area contributed by atoms with Crippen LogP contribution in [0.2, 0.25) is 0 Å². The zero-order valence-corrected chi connectivity index (χ0v) is 10.3. The van der Waals surface area contributed by atoms with E-state index in [1.807, 2.05) is 0 Å². The molecule has 1 atom stereocenters. The van der Waals surface area contributed by atoms with Crippen molar-refractivity contribution in [1.82, 2.24) is 4.98 Å². The predicted octanol–water partition coefficient (Wildman–Crippen LogP) is 3.17. The number of pyridine rings is 1. The third kappa shape index (κ3) is 3.05. The molecule has 1 fully saturated rings. The standard InChI is InChI=1S/C14H21NO/c1-11(2)9-13-6-3-7-14(15-13)12-5-4-8-16-10-12/h3,6-7,11-12H,4-5,8-10H2,1-2H3. The van der Waals surface area contributed by atoms with E-state index >= 15 is 0 Å². The van der Waals surface area contributed by atoms with E-state index in [9.17, 15) is 0 Å². The van der Waals surface area contributed by atoms with E-state index in [0.717, 1.165) is 19.6 Å². The molecule has 2 nitrogen and oxygen atoms in total. The first-order valence-electron chi connectivity index (χ1n) is 6.29. The molecule has 1 unspecified atom stereocenters. The molecular formula is C14H21NO. The average Bonchev–Trinajstić information content (AvgIpc) is 2.30. The van der Waals surface area contributed by atoms with Crippen LogP contribution in [0.3, 0.4) is 0 Å². The first-order valence-corrected chi connectivity index (χ1v) is 6.29. The average molecular weight is 219 g/mol. The van der Waals surface area contributed by atoms with Crippen molar-refractivity contribution in [3.05, 3.63) is 29.6 Å². The van der Waals surface area contributed by atoms with Crippen molar-refractivity contribution in [3.8, 4) is 0 Å². The second kappa shape index (κ2) is 5.44. The molecule has 1 aliphatic rings. The molecular weight excluding hydrogens is 198 g/mol. The van der Waals surface area contributed by atoms with Crippen molar-refractivity contribution in [3.63, 3.8) is 0 Å². The highest BCUT2D eigenvalue weighted by Gasteiger charge is 2.17. The van der Waals surface area contributed by atoms with Gasteiger partial charge in [-0.1, -0.05) is 19.9 Å². The van der Waals surface area contributed by atoms with E-state index in [0.29, 0.717) is 11.8 Å². The summed E-state index contributed by atoms with van der Waals surface area (Å²) in [5, 5.41) is 0. The van der Waals surface area contributed by atoms with Crippen molar-refractivity contribution in [2.24, 2.45) is 5.92 Å². The van der Waals surface area contributed by atoms with E-state index < -0.39 is 0 Å². The SMILES string of the molecule is CC(C)Cc1cccc(C2CCCOC2)n1. The molecule has 88 valence electrons. The van der Waals surface area contributed by atoms with Crippen LogP contribution in [-0.4, -0.2) is 18.2 Å². The highest BCUT2D eigenvalue weighted by Crippen LogP contribution is 2.24. The van der Waals surface area contributed by atoms with Crippen LogP contribution in [0.4, 0.5) is 0 Å². The van der Waals surface area contributed by atoms with E-state index in [1.54, 1.807) is 0 Å². The van der Waals surface area contributed by atoms with Crippen LogP contribution in [0.5, 0.6) is 0 Å². The number of hydrogen-bond acceptors (Lipinski definition) is 2. The summed E-state index contributed by atoms with van der Waals surface area (Å²) >= 11 is 0. The fourth-order valence-corrected chi connectivity index (χ4v) is 2.23. The van der Waals surface area contributed by atoms with Crippen molar-refractivity contribution in [1.29, 1.82) is 0 Å².